The van der Waals surface area contributed by atoms with Gasteiger partial charge in [-0.3, -0.25) is 9.59 Å². The van der Waals surface area contributed by atoms with E-state index in [0.717, 1.165) is 38.0 Å². The number of Topliss-reactive ketones (excluding diaryl/α,β-unsaturated/α-hetero) is 1. The summed E-state index contributed by atoms with van der Waals surface area (Å²) in [6, 6.07) is 5.47. The number of carbonyl (C=O) groups excluding carboxylic acids is 2. The van der Waals surface area contributed by atoms with Gasteiger partial charge in [0.05, 0.1) is 5.69 Å². The van der Waals surface area contributed by atoms with E-state index in [0.29, 0.717) is 17.9 Å². The maximum absolute atomic E-state index is 12.7. The second kappa shape index (κ2) is 6.71. The molecule has 1 saturated heterocycles. The molecule has 5 heteroatoms. The molecule has 5 nitrogen and oxygen atoms in total. The molecule has 0 aromatic heterocycles. The van der Waals surface area contributed by atoms with Crippen molar-refractivity contribution in [2.45, 2.75) is 39.2 Å². The Balaban J connectivity index is 1.90. The highest BCUT2D eigenvalue weighted by molar-refractivity contribution is 6.03. The number of rotatable bonds is 4. The quantitative estimate of drug-likeness (QED) is 0.867. The van der Waals surface area contributed by atoms with Crippen molar-refractivity contribution in [3.63, 3.8) is 0 Å². The Labute approximate surface area is 137 Å². The van der Waals surface area contributed by atoms with Crippen molar-refractivity contribution in [2.75, 3.05) is 24.5 Å². The fraction of sp³-hybridized carbons (Fsp3) is 0.556. The molecule has 1 aromatic carbocycles. The number of benzene rings is 1. The van der Waals surface area contributed by atoms with Gasteiger partial charge in [-0.05, 0) is 50.9 Å². The van der Waals surface area contributed by atoms with Crippen LogP contribution >= 0.6 is 0 Å². The molecule has 0 aliphatic carbocycles. The molecule has 1 N–H and O–H groups in total. The average Bonchev–Trinajstić information content (AvgIpc) is 2.59. The van der Waals surface area contributed by atoms with Gasteiger partial charge in [0.2, 0.25) is 0 Å². The average molecular weight is 316 g/mol. The Hall–Kier alpha value is -1.88. The van der Waals surface area contributed by atoms with Gasteiger partial charge in [0.1, 0.15) is 5.75 Å². The van der Waals surface area contributed by atoms with Crippen LogP contribution in [0.4, 0.5) is 5.69 Å². The molecule has 2 unspecified atom stereocenters. The molecular formula is C18H24N2O3. The number of nitrogens with zero attached hydrogens (tertiary/aromatic N) is 1. The molecule has 1 aromatic rings. The summed E-state index contributed by atoms with van der Waals surface area (Å²) in [4.78, 5) is 26.8. The summed E-state index contributed by atoms with van der Waals surface area (Å²) in [5.74, 6) is 0.829. The smallest absolute Gasteiger partial charge is 0.267 e. The Kier molecular flexibility index (Phi) is 4.66. The third-order valence-electron chi connectivity index (χ3n) is 4.57. The summed E-state index contributed by atoms with van der Waals surface area (Å²) in [7, 11) is 0. The van der Waals surface area contributed by atoms with Gasteiger partial charge in [-0.25, -0.2) is 0 Å². The van der Waals surface area contributed by atoms with Crippen molar-refractivity contribution >= 4 is 17.4 Å². The van der Waals surface area contributed by atoms with E-state index in [4.69, 9.17) is 4.74 Å². The summed E-state index contributed by atoms with van der Waals surface area (Å²) >= 11 is 0. The van der Waals surface area contributed by atoms with Crippen LogP contribution in [0.15, 0.2) is 18.2 Å². The van der Waals surface area contributed by atoms with E-state index in [-0.39, 0.29) is 17.6 Å². The van der Waals surface area contributed by atoms with Crippen molar-refractivity contribution in [3.05, 3.63) is 23.8 Å². The molecule has 1 fully saturated rings. The molecule has 0 saturated carbocycles. The summed E-state index contributed by atoms with van der Waals surface area (Å²) in [6.07, 6.45) is 2.34. The summed E-state index contributed by atoms with van der Waals surface area (Å²) < 4.78 is 5.69. The molecule has 0 bridgehead atoms. The molecule has 124 valence electrons. The second-order valence-electron chi connectivity index (χ2n) is 6.34. The maximum Gasteiger partial charge on any atom is 0.267 e. The highest BCUT2D eigenvalue weighted by atomic mass is 16.5. The number of fused-ring (bicyclic) bond motifs is 1. The molecule has 3 rings (SSSR count). The van der Waals surface area contributed by atoms with Gasteiger partial charge in [-0.1, -0.05) is 6.92 Å². The van der Waals surface area contributed by atoms with Crippen LogP contribution in [0, 0.1) is 5.92 Å². The number of piperidine rings is 1. The van der Waals surface area contributed by atoms with Crippen LogP contribution in [-0.2, 0) is 4.79 Å². The summed E-state index contributed by atoms with van der Waals surface area (Å²) in [5, 5.41) is 3.28. The number of hydrogen-bond acceptors (Lipinski definition) is 4. The molecule has 2 aliphatic heterocycles. The molecule has 0 spiro atoms. The third kappa shape index (κ3) is 3.11. The lowest BCUT2D eigenvalue weighted by Crippen LogP contribution is -2.45. The van der Waals surface area contributed by atoms with Crippen molar-refractivity contribution in [1.29, 1.82) is 0 Å². The minimum Gasteiger partial charge on any atom is -0.479 e. The predicted octanol–water partition coefficient (Wildman–Crippen LogP) is 2.39. The van der Waals surface area contributed by atoms with Crippen molar-refractivity contribution in [1.82, 2.24) is 5.32 Å². The van der Waals surface area contributed by atoms with Crippen LogP contribution in [0.1, 0.15) is 43.5 Å². The predicted molar refractivity (Wildman–Crippen MR) is 89.1 cm³/mol. The lowest BCUT2D eigenvalue weighted by Gasteiger charge is -2.33. The number of ketones is 1. The number of hydrogen-bond donors (Lipinski definition) is 1. The zero-order valence-electron chi connectivity index (χ0n) is 13.8. The van der Waals surface area contributed by atoms with Crippen LogP contribution in [0.25, 0.3) is 0 Å². The molecule has 23 heavy (non-hydrogen) atoms. The number of carbonyl (C=O) groups is 2. The van der Waals surface area contributed by atoms with Gasteiger partial charge < -0.3 is 15.0 Å². The number of anilines is 1. The Morgan fingerprint density at radius 1 is 1.43 bits per heavy atom. The van der Waals surface area contributed by atoms with Crippen molar-refractivity contribution in [3.8, 4) is 5.75 Å². The Bertz CT molecular complexity index is 608. The largest absolute Gasteiger partial charge is 0.479 e. The molecular weight excluding hydrogens is 292 g/mol. The zero-order chi connectivity index (χ0) is 16.4. The van der Waals surface area contributed by atoms with E-state index < -0.39 is 6.10 Å². The Morgan fingerprint density at radius 2 is 2.26 bits per heavy atom. The molecule has 2 atom stereocenters. The van der Waals surface area contributed by atoms with E-state index >= 15 is 0 Å². The second-order valence-corrected chi connectivity index (χ2v) is 6.34. The minimum atomic E-state index is -0.474. The first-order valence-corrected chi connectivity index (χ1v) is 8.48. The van der Waals surface area contributed by atoms with E-state index in [1.54, 1.807) is 11.8 Å². The molecule has 2 aliphatic rings. The number of nitrogens with one attached hydrogen (secondary N) is 1. The number of ether oxygens (including phenoxy) is 1. The first kappa shape index (κ1) is 16.0. The van der Waals surface area contributed by atoms with Gasteiger partial charge in [-0.15, -0.1) is 0 Å². The van der Waals surface area contributed by atoms with Crippen LogP contribution in [-0.4, -0.2) is 37.4 Å². The van der Waals surface area contributed by atoms with E-state index in [2.05, 4.69) is 5.32 Å². The highest BCUT2D eigenvalue weighted by Crippen LogP contribution is 2.35. The van der Waals surface area contributed by atoms with Crippen molar-refractivity contribution in [2.24, 2.45) is 5.92 Å². The Morgan fingerprint density at radius 3 is 2.96 bits per heavy atom. The van der Waals surface area contributed by atoms with Crippen LogP contribution in [0.2, 0.25) is 0 Å². The summed E-state index contributed by atoms with van der Waals surface area (Å²) in [6.45, 7) is 6.16. The lowest BCUT2D eigenvalue weighted by molar-refractivity contribution is -0.125. The van der Waals surface area contributed by atoms with Gasteiger partial charge in [0.15, 0.2) is 11.9 Å². The SMILES string of the molecule is CCCN1C(=O)C(C)Oc2ccc(C(=O)C3CCCNC3)cc21. The standard InChI is InChI=1S/C18H24N2O3/c1-3-9-20-15-10-13(17(21)14-5-4-8-19-11-14)6-7-16(15)23-12(2)18(20)22/h6-7,10,12,14,19H,3-5,8-9,11H2,1-2H3. The van der Waals surface area contributed by atoms with E-state index in [9.17, 15) is 9.59 Å². The van der Waals surface area contributed by atoms with Gasteiger partial charge in [-0.2, -0.15) is 0 Å². The van der Waals surface area contributed by atoms with Crippen LogP contribution in [0.3, 0.4) is 0 Å². The maximum atomic E-state index is 12.7. The fourth-order valence-electron chi connectivity index (χ4n) is 3.33. The van der Waals surface area contributed by atoms with Gasteiger partial charge in [0.25, 0.3) is 5.91 Å². The zero-order valence-corrected chi connectivity index (χ0v) is 13.8. The molecule has 2 heterocycles. The van der Waals surface area contributed by atoms with E-state index in [1.807, 2.05) is 25.1 Å². The fourth-order valence-corrected chi connectivity index (χ4v) is 3.33. The molecule has 0 radical (unpaired) electrons. The topological polar surface area (TPSA) is 58.6 Å². The van der Waals surface area contributed by atoms with Crippen LogP contribution in [0.5, 0.6) is 5.75 Å². The van der Waals surface area contributed by atoms with E-state index in [1.165, 1.54) is 0 Å². The van der Waals surface area contributed by atoms with Gasteiger partial charge in [0, 0.05) is 24.6 Å². The van der Waals surface area contributed by atoms with Crippen LogP contribution < -0.4 is 15.0 Å². The van der Waals surface area contributed by atoms with Gasteiger partial charge >= 0.3 is 0 Å². The first-order valence-electron chi connectivity index (χ1n) is 8.48. The summed E-state index contributed by atoms with van der Waals surface area (Å²) in [5.41, 5.74) is 1.40. The highest BCUT2D eigenvalue weighted by Gasteiger charge is 2.32. The lowest BCUT2D eigenvalue weighted by atomic mass is 9.90. The minimum absolute atomic E-state index is 0.0283. The molecule has 1 amide bonds. The first-order chi connectivity index (χ1) is 11.1. The third-order valence-corrected chi connectivity index (χ3v) is 4.57. The monoisotopic (exact) mass is 316 g/mol. The van der Waals surface area contributed by atoms with Crippen molar-refractivity contribution < 1.29 is 14.3 Å². The number of amides is 1. The normalized spacial score (nSPS) is 24.1.